The Labute approximate surface area is 157 Å². The van der Waals surface area contributed by atoms with Crippen LogP contribution in [0.3, 0.4) is 0 Å². The van der Waals surface area contributed by atoms with Crippen molar-refractivity contribution >= 4 is 35.9 Å². The van der Waals surface area contributed by atoms with Gasteiger partial charge in [0.25, 0.3) is 5.69 Å². The molecule has 27 heavy (non-hydrogen) atoms. The van der Waals surface area contributed by atoms with Gasteiger partial charge in [-0.1, -0.05) is 48.5 Å². The fraction of sp³-hybridized carbons (Fsp3) is 0. The summed E-state index contributed by atoms with van der Waals surface area (Å²) >= 11 is 0. The predicted molar refractivity (Wildman–Crippen MR) is 110 cm³/mol. The van der Waals surface area contributed by atoms with Gasteiger partial charge < -0.3 is 0 Å². The van der Waals surface area contributed by atoms with Crippen LogP contribution in [0.4, 0.5) is 5.69 Å². The summed E-state index contributed by atoms with van der Waals surface area (Å²) < 4.78 is 18.0. The van der Waals surface area contributed by atoms with Crippen molar-refractivity contribution < 1.29 is 9.49 Å². The van der Waals surface area contributed by atoms with Crippen molar-refractivity contribution in [2.75, 3.05) is 0 Å². The minimum absolute atomic E-state index is 0.0106. The molecule has 0 saturated heterocycles. The van der Waals surface area contributed by atoms with Gasteiger partial charge in [-0.25, -0.2) is 4.76 Å². The fourth-order valence-electron chi connectivity index (χ4n) is 2.62. The second-order valence-corrected chi connectivity index (χ2v) is 8.10. The minimum atomic E-state index is -3.19. The third-order valence-electron chi connectivity index (χ3n) is 3.94. The van der Waals surface area contributed by atoms with Gasteiger partial charge in [0.1, 0.15) is 0 Å². The SMILES string of the molecule is O=[N+]([O-])c1ccccc1/C=C/C=N/P(=O)(c1ccccc1)c1ccccc1. The minimum Gasteiger partial charge on any atom is -0.288 e. The molecule has 0 fully saturated rings. The van der Waals surface area contributed by atoms with Crippen molar-refractivity contribution in [1.82, 2.24) is 0 Å². The van der Waals surface area contributed by atoms with E-state index in [1.807, 2.05) is 36.4 Å². The Hall–Kier alpha value is -3.30. The summed E-state index contributed by atoms with van der Waals surface area (Å²) in [7, 11) is -3.19. The van der Waals surface area contributed by atoms with Crippen molar-refractivity contribution in [1.29, 1.82) is 0 Å². The van der Waals surface area contributed by atoms with Gasteiger partial charge in [0.15, 0.2) is 0 Å². The molecular weight excluding hydrogens is 359 g/mol. The normalized spacial score (nSPS) is 11.9. The third kappa shape index (κ3) is 4.27. The molecule has 3 aromatic rings. The van der Waals surface area contributed by atoms with Crippen LogP contribution in [0.5, 0.6) is 0 Å². The number of para-hydroxylation sites is 1. The van der Waals surface area contributed by atoms with Crippen LogP contribution in [0.1, 0.15) is 5.56 Å². The molecule has 0 N–H and O–H groups in total. The molecule has 0 amide bonds. The Morgan fingerprint density at radius 1 is 0.815 bits per heavy atom. The van der Waals surface area contributed by atoms with E-state index in [4.69, 9.17) is 0 Å². The van der Waals surface area contributed by atoms with Crippen molar-refractivity contribution in [2.24, 2.45) is 4.76 Å². The highest BCUT2D eigenvalue weighted by atomic mass is 31.2. The number of allylic oxidation sites excluding steroid dienone is 1. The molecule has 0 aliphatic heterocycles. The van der Waals surface area contributed by atoms with E-state index in [-0.39, 0.29) is 5.69 Å². The van der Waals surface area contributed by atoms with Crippen molar-refractivity contribution in [2.45, 2.75) is 0 Å². The number of hydrogen-bond acceptors (Lipinski definition) is 3. The number of hydrogen-bond donors (Lipinski definition) is 0. The lowest BCUT2D eigenvalue weighted by Gasteiger charge is -2.13. The second kappa shape index (κ2) is 8.39. The van der Waals surface area contributed by atoms with Crippen LogP contribution in [-0.4, -0.2) is 11.1 Å². The van der Waals surface area contributed by atoms with E-state index >= 15 is 0 Å². The van der Waals surface area contributed by atoms with Crippen molar-refractivity contribution in [3.05, 3.63) is 107 Å². The van der Waals surface area contributed by atoms with Gasteiger partial charge in [-0.2, -0.15) is 0 Å². The van der Waals surface area contributed by atoms with E-state index in [2.05, 4.69) is 4.76 Å². The molecule has 0 aliphatic rings. The Bertz CT molecular complexity index is 988. The first-order valence-electron chi connectivity index (χ1n) is 8.28. The molecule has 0 aliphatic carbocycles. The Morgan fingerprint density at radius 3 is 1.89 bits per heavy atom. The maximum absolute atomic E-state index is 13.7. The average molecular weight is 376 g/mol. The van der Waals surface area contributed by atoms with Gasteiger partial charge in [-0.15, -0.1) is 0 Å². The van der Waals surface area contributed by atoms with Crippen LogP contribution >= 0.6 is 7.29 Å². The van der Waals surface area contributed by atoms with Crippen LogP contribution < -0.4 is 10.6 Å². The summed E-state index contributed by atoms with van der Waals surface area (Å²) in [6.07, 6.45) is 4.60. The first-order valence-corrected chi connectivity index (χ1v) is 9.94. The van der Waals surface area contributed by atoms with E-state index in [1.165, 1.54) is 12.3 Å². The molecule has 0 unspecified atom stereocenters. The first-order chi connectivity index (χ1) is 13.1. The first kappa shape index (κ1) is 18.5. The maximum atomic E-state index is 13.7. The smallest absolute Gasteiger partial charge is 0.276 e. The van der Waals surface area contributed by atoms with Crippen molar-refractivity contribution in [3.8, 4) is 0 Å². The van der Waals surface area contributed by atoms with Crippen LogP contribution in [0.15, 0.2) is 95.8 Å². The summed E-state index contributed by atoms with van der Waals surface area (Å²) in [4.78, 5) is 10.6. The molecule has 0 bridgehead atoms. The number of rotatable bonds is 6. The summed E-state index contributed by atoms with van der Waals surface area (Å²) in [5, 5.41) is 12.3. The monoisotopic (exact) mass is 376 g/mol. The molecule has 3 rings (SSSR count). The molecular formula is C21H17N2O3P. The number of benzene rings is 3. The van der Waals surface area contributed by atoms with E-state index in [1.54, 1.807) is 54.6 Å². The molecule has 0 heterocycles. The van der Waals surface area contributed by atoms with Crippen LogP contribution in [0.25, 0.3) is 6.08 Å². The highest BCUT2D eigenvalue weighted by Crippen LogP contribution is 2.44. The lowest BCUT2D eigenvalue weighted by molar-refractivity contribution is -0.385. The van der Waals surface area contributed by atoms with E-state index in [9.17, 15) is 14.7 Å². The average Bonchev–Trinajstić information content (AvgIpc) is 2.72. The summed E-state index contributed by atoms with van der Waals surface area (Å²) in [5.74, 6) is 0. The largest absolute Gasteiger partial charge is 0.288 e. The lowest BCUT2D eigenvalue weighted by Crippen LogP contribution is -2.14. The van der Waals surface area contributed by atoms with E-state index < -0.39 is 12.2 Å². The van der Waals surface area contributed by atoms with Gasteiger partial charge in [0.05, 0.1) is 10.5 Å². The number of nitro groups is 1. The molecule has 134 valence electrons. The molecule has 0 spiro atoms. The zero-order valence-electron chi connectivity index (χ0n) is 14.4. The molecule has 3 aromatic carbocycles. The van der Waals surface area contributed by atoms with Crippen LogP contribution in [0.2, 0.25) is 0 Å². The van der Waals surface area contributed by atoms with Gasteiger partial charge in [-0.3, -0.25) is 14.7 Å². The molecule has 6 heteroatoms. The second-order valence-electron chi connectivity index (χ2n) is 5.69. The molecule has 0 radical (unpaired) electrons. The molecule has 0 atom stereocenters. The predicted octanol–water partition coefficient (Wildman–Crippen LogP) is 4.61. The lowest BCUT2D eigenvalue weighted by atomic mass is 10.2. The van der Waals surface area contributed by atoms with Crippen molar-refractivity contribution in [3.63, 3.8) is 0 Å². The number of nitrogens with zero attached hydrogens (tertiary/aromatic N) is 2. The molecule has 0 saturated carbocycles. The third-order valence-corrected chi connectivity index (χ3v) is 6.39. The van der Waals surface area contributed by atoms with E-state index in [0.29, 0.717) is 16.2 Å². The standard InChI is InChI=1S/C21H17N2O3P/c24-23(25)21-16-8-7-10-18(21)11-9-17-22-27(26,19-12-3-1-4-13-19)20-14-5-2-6-15-20/h1-17H/b11-9+,22-17+. The van der Waals surface area contributed by atoms with Gasteiger partial charge in [0, 0.05) is 22.9 Å². The molecule has 5 nitrogen and oxygen atoms in total. The zero-order chi connectivity index (χ0) is 19.1. The van der Waals surface area contributed by atoms with E-state index in [0.717, 1.165) is 0 Å². The van der Waals surface area contributed by atoms with Gasteiger partial charge >= 0.3 is 0 Å². The summed E-state index contributed by atoms with van der Waals surface area (Å²) in [6.45, 7) is 0. The van der Waals surface area contributed by atoms with Gasteiger partial charge in [-0.05, 0) is 42.5 Å². The van der Waals surface area contributed by atoms with Crippen LogP contribution in [-0.2, 0) is 4.57 Å². The maximum Gasteiger partial charge on any atom is 0.276 e. The molecule has 0 aromatic heterocycles. The Kier molecular flexibility index (Phi) is 5.74. The van der Waals surface area contributed by atoms with Crippen LogP contribution in [0, 0.1) is 10.1 Å². The fourth-order valence-corrected chi connectivity index (χ4v) is 4.60. The van der Waals surface area contributed by atoms with Gasteiger partial charge in [0.2, 0.25) is 7.29 Å². The summed E-state index contributed by atoms with van der Waals surface area (Å²) in [6, 6.07) is 24.6. The summed E-state index contributed by atoms with van der Waals surface area (Å²) in [5.41, 5.74) is 0.472. The number of nitro benzene ring substituents is 1. The Morgan fingerprint density at radius 2 is 1.33 bits per heavy atom. The topological polar surface area (TPSA) is 72.6 Å². The highest BCUT2D eigenvalue weighted by molar-refractivity contribution is 7.77. The highest BCUT2D eigenvalue weighted by Gasteiger charge is 2.25. The Balaban J connectivity index is 1.95. The zero-order valence-corrected chi connectivity index (χ0v) is 15.3. The quantitative estimate of drug-likeness (QED) is 0.273.